The zero-order valence-electron chi connectivity index (χ0n) is 13.8. The van der Waals surface area contributed by atoms with Crippen LogP contribution in [0.5, 0.6) is 0 Å². The van der Waals surface area contributed by atoms with Gasteiger partial charge < -0.3 is 4.57 Å². The van der Waals surface area contributed by atoms with Gasteiger partial charge in [-0.3, -0.25) is 0 Å². The van der Waals surface area contributed by atoms with Crippen molar-refractivity contribution in [2.45, 2.75) is 38.2 Å². The number of hydrogen-bond acceptors (Lipinski definition) is 1. The van der Waals surface area contributed by atoms with Crippen LogP contribution in [-0.2, 0) is 6.54 Å². The van der Waals surface area contributed by atoms with Crippen LogP contribution in [0.4, 0.5) is 8.78 Å². The molecule has 1 aliphatic rings. The van der Waals surface area contributed by atoms with Crippen LogP contribution >= 0.6 is 15.9 Å². The third-order valence-corrected chi connectivity index (χ3v) is 5.74. The molecule has 5 heteroatoms. The van der Waals surface area contributed by atoms with Gasteiger partial charge in [-0.1, -0.05) is 46.3 Å². The summed E-state index contributed by atoms with van der Waals surface area (Å²) in [5, 5.41) is 0. The van der Waals surface area contributed by atoms with E-state index in [0.717, 1.165) is 33.4 Å². The Labute approximate surface area is 154 Å². The Kier molecular flexibility index (Phi) is 4.36. The molecule has 0 N–H and O–H groups in total. The minimum absolute atomic E-state index is 0.00530. The van der Waals surface area contributed by atoms with Crippen LogP contribution in [0.25, 0.3) is 22.4 Å². The zero-order chi connectivity index (χ0) is 17.4. The largest absolute Gasteiger partial charge is 0.324 e. The standard InChI is InChI=1S/C20H19BrF2N2/c21-16-6-2-1-5-15(16)19-24-17-7-3-4-8-18(17)25(19)13-14-9-11-20(22,23)12-10-14/h1-8,14H,9-13H2. The van der Waals surface area contributed by atoms with Crippen LogP contribution in [0.1, 0.15) is 25.7 Å². The van der Waals surface area contributed by atoms with Crippen molar-refractivity contribution in [2.75, 3.05) is 0 Å². The molecule has 0 radical (unpaired) electrons. The summed E-state index contributed by atoms with van der Waals surface area (Å²) in [6, 6.07) is 16.0. The van der Waals surface area contributed by atoms with Gasteiger partial charge >= 0.3 is 0 Å². The lowest BCUT2D eigenvalue weighted by Gasteiger charge is -2.29. The maximum absolute atomic E-state index is 13.5. The number of benzene rings is 2. The first-order valence-corrected chi connectivity index (χ1v) is 9.41. The van der Waals surface area contributed by atoms with Crippen LogP contribution in [0.15, 0.2) is 53.0 Å². The molecule has 1 aromatic heterocycles. The normalized spacial score (nSPS) is 17.9. The molecule has 2 aromatic carbocycles. The van der Waals surface area contributed by atoms with Crippen molar-refractivity contribution in [3.05, 3.63) is 53.0 Å². The molecule has 1 saturated carbocycles. The number of aromatic nitrogens is 2. The van der Waals surface area contributed by atoms with Gasteiger partial charge in [-0.05, 0) is 37.0 Å². The first-order valence-electron chi connectivity index (χ1n) is 8.61. The van der Waals surface area contributed by atoms with Crippen LogP contribution in [0.2, 0.25) is 0 Å². The third-order valence-electron chi connectivity index (χ3n) is 5.05. The van der Waals surface area contributed by atoms with E-state index in [4.69, 9.17) is 4.98 Å². The molecule has 4 rings (SSSR count). The molecule has 0 saturated heterocycles. The van der Waals surface area contributed by atoms with Crippen molar-refractivity contribution in [1.29, 1.82) is 0 Å². The van der Waals surface area contributed by atoms with Crippen molar-refractivity contribution in [2.24, 2.45) is 5.92 Å². The van der Waals surface area contributed by atoms with Crippen LogP contribution in [0.3, 0.4) is 0 Å². The molecule has 0 spiro atoms. The average Bonchev–Trinajstić information content (AvgIpc) is 2.96. The van der Waals surface area contributed by atoms with Gasteiger partial charge in [0.25, 0.3) is 0 Å². The summed E-state index contributed by atoms with van der Waals surface area (Å²) in [6.45, 7) is 0.729. The summed E-state index contributed by atoms with van der Waals surface area (Å²) in [5.74, 6) is -1.33. The van der Waals surface area contributed by atoms with E-state index in [0.29, 0.717) is 12.8 Å². The fourth-order valence-electron chi connectivity index (χ4n) is 3.65. The second kappa shape index (κ2) is 6.52. The number of rotatable bonds is 3. The summed E-state index contributed by atoms with van der Waals surface area (Å²) < 4.78 is 30.1. The highest BCUT2D eigenvalue weighted by atomic mass is 79.9. The predicted octanol–water partition coefficient (Wildman–Crippen LogP) is 6.29. The van der Waals surface area contributed by atoms with Crippen LogP contribution in [-0.4, -0.2) is 15.5 Å². The summed E-state index contributed by atoms with van der Waals surface area (Å²) >= 11 is 3.61. The van der Waals surface area contributed by atoms with E-state index in [-0.39, 0.29) is 18.8 Å². The molecule has 1 aliphatic carbocycles. The number of alkyl halides is 2. The summed E-state index contributed by atoms with van der Waals surface area (Å²) in [6.07, 6.45) is 1.12. The molecule has 2 nitrogen and oxygen atoms in total. The van der Waals surface area contributed by atoms with Crippen molar-refractivity contribution in [3.8, 4) is 11.4 Å². The summed E-state index contributed by atoms with van der Waals surface area (Å²) in [5.41, 5.74) is 3.03. The number of nitrogens with zero attached hydrogens (tertiary/aromatic N) is 2. The number of fused-ring (bicyclic) bond motifs is 1. The van der Waals surface area contributed by atoms with E-state index in [1.165, 1.54) is 0 Å². The Balaban J connectivity index is 1.74. The highest BCUT2D eigenvalue weighted by Crippen LogP contribution is 2.38. The third kappa shape index (κ3) is 3.34. The first kappa shape index (κ1) is 16.7. The highest BCUT2D eigenvalue weighted by molar-refractivity contribution is 9.10. The first-order chi connectivity index (χ1) is 12.0. The number of para-hydroxylation sites is 2. The second-order valence-electron chi connectivity index (χ2n) is 6.81. The quantitative estimate of drug-likeness (QED) is 0.501. The van der Waals surface area contributed by atoms with E-state index < -0.39 is 5.92 Å². The number of imidazole rings is 1. The maximum Gasteiger partial charge on any atom is 0.248 e. The fourth-order valence-corrected chi connectivity index (χ4v) is 4.11. The molecule has 0 amide bonds. The Hall–Kier alpha value is -1.75. The van der Waals surface area contributed by atoms with Gasteiger partial charge in [0, 0.05) is 29.4 Å². The second-order valence-corrected chi connectivity index (χ2v) is 7.67. The SMILES string of the molecule is FC1(F)CCC(Cn2c(-c3ccccc3Br)nc3ccccc32)CC1. The molecule has 3 aromatic rings. The Morgan fingerprint density at radius 1 is 1.04 bits per heavy atom. The van der Waals surface area contributed by atoms with Gasteiger partial charge in [-0.2, -0.15) is 0 Å². The topological polar surface area (TPSA) is 17.8 Å². The lowest BCUT2D eigenvalue weighted by Crippen LogP contribution is -2.26. The van der Waals surface area contributed by atoms with Gasteiger partial charge in [-0.15, -0.1) is 0 Å². The number of halogens is 3. The molecule has 0 unspecified atom stereocenters. The van der Waals surface area contributed by atoms with Gasteiger partial charge in [0.15, 0.2) is 0 Å². The lowest BCUT2D eigenvalue weighted by atomic mass is 9.86. The smallest absolute Gasteiger partial charge is 0.248 e. The molecule has 0 atom stereocenters. The van der Waals surface area contributed by atoms with E-state index in [1.54, 1.807) is 0 Å². The molecule has 0 aliphatic heterocycles. The van der Waals surface area contributed by atoms with E-state index in [1.807, 2.05) is 42.5 Å². The molecular formula is C20H19BrF2N2. The minimum Gasteiger partial charge on any atom is -0.324 e. The molecule has 130 valence electrons. The average molecular weight is 405 g/mol. The monoisotopic (exact) mass is 404 g/mol. The number of hydrogen-bond donors (Lipinski definition) is 0. The maximum atomic E-state index is 13.5. The van der Waals surface area contributed by atoms with Gasteiger partial charge in [0.2, 0.25) is 5.92 Å². The Bertz CT molecular complexity index is 894. The van der Waals surface area contributed by atoms with Crippen LogP contribution in [0, 0.1) is 5.92 Å². The van der Waals surface area contributed by atoms with E-state index in [2.05, 4.69) is 26.6 Å². The van der Waals surface area contributed by atoms with Crippen LogP contribution < -0.4 is 0 Å². The molecule has 25 heavy (non-hydrogen) atoms. The lowest BCUT2D eigenvalue weighted by molar-refractivity contribution is -0.0471. The zero-order valence-corrected chi connectivity index (χ0v) is 15.3. The van der Waals surface area contributed by atoms with Gasteiger partial charge in [0.1, 0.15) is 5.82 Å². The van der Waals surface area contributed by atoms with E-state index in [9.17, 15) is 8.78 Å². The van der Waals surface area contributed by atoms with Crippen molar-refractivity contribution < 1.29 is 8.78 Å². The molecular weight excluding hydrogens is 386 g/mol. The van der Waals surface area contributed by atoms with Gasteiger partial charge in [0.05, 0.1) is 11.0 Å². The Morgan fingerprint density at radius 2 is 1.72 bits per heavy atom. The predicted molar refractivity (Wildman–Crippen MR) is 99.8 cm³/mol. The van der Waals surface area contributed by atoms with Gasteiger partial charge in [-0.25, -0.2) is 13.8 Å². The minimum atomic E-state index is -2.49. The van der Waals surface area contributed by atoms with Crippen molar-refractivity contribution in [3.63, 3.8) is 0 Å². The van der Waals surface area contributed by atoms with E-state index >= 15 is 0 Å². The van der Waals surface area contributed by atoms with Crippen molar-refractivity contribution in [1.82, 2.24) is 9.55 Å². The molecule has 1 heterocycles. The fraction of sp³-hybridized carbons (Fsp3) is 0.350. The molecule has 0 bridgehead atoms. The highest BCUT2D eigenvalue weighted by Gasteiger charge is 2.35. The Morgan fingerprint density at radius 3 is 2.48 bits per heavy atom. The van der Waals surface area contributed by atoms with Crippen molar-refractivity contribution >= 4 is 27.0 Å². The molecule has 1 fully saturated rings. The summed E-state index contributed by atoms with van der Waals surface area (Å²) in [4.78, 5) is 4.82. The summed E-state index contributed by atoms with van der Waals surface area (Å²) in [7, 11) is 0.